The molecule has 0 aliphatic rings. The van der Waals surface area contributed by atoms with E-state index >= 15 is 0 Å². The first-order chi connectivity index (χ1) is 11.4. The van der Waals surface area contributed by atoms with Crippen LogP contribution >= 0.6 is 23.5 Å². The number of thioether (sulfide) groups is 2. The second-order valence-corrected chi connectivity index (χ2v) is 7.34. The van der Waals surface area contributed by atoms with Crippen molar-refractivity contribution < 1.29 is 19.1 Å². The monoisotopic (exact) mass is 366 g/mol. The number of carbonyl (C=O) groups is 2. The maximum atomic E-state index is 11.2. The Morgan fingerprint density at radius 1 is 0.833 bits per heavy atom. The number of hydrogen-bond acceptors (Lipinski definition) is 6. The zero-order valence-corrected chi connectivity index (χ0v) is 15.6. The van der Waals surface area contributed by atoms with Gasteiger partial charge in [-0.15, -0.1) is 23.5 Å². The molecular weight excluding hydrogens is 344 g/mol. The lowest BCUT2D eigenvalue weighted by Crippen LogP contribution is -2.07. The molecule has 0 aliphatic heterocycles. The van der Waals surface area contributed by atoms with Gasteiger partial charge in [0.1, 0.15) is 13.2 Å². The standard InChI is InChI=1S/C18H22O4S2/c1-13(2)17(19)21-9-11-23-15-5-7-16(8-6-15)24-12-10-22-18(20)14(3)4/h5-8H,1,3,9-12H2,2,4H3. The third-order valence-electron chi connectivity index (χ3n) is 2.69. The Kier molecular flexibility index (Phi) is 9.34. The van der Waals surface area contributed by atoms with E-state index in [0.717, 1.165) is 9.79 Å². The molecule has 1 aromatic carbocycles. The molecule has 0 spiro atoms. The van der Waals surface area contributed by atoms with Crippen molar-refractivity contribution in [1.29, 1.82) is 0 Å². The van der Waals surface area contributed by atoms with Crippen LogP contribution in [0.25, 0.3) is 0 Å². The molecule has 0 saturated heterocycles. The van der Waals surface area contributed by atoms with Gasteiger partial charge in [-0.1, -0.05) is 13.2 Å². The molecule has 0 atom stereocenters. The largest absolute Gasteiger partial charge is 0.461 e. The van der Waals surface area contributed by atoms with Crippen LogP contribution in [0.2, 0.25) is 0 Å². The Morgan fingerprint density at radius 3 is 1.46 bits per heavy atom. The van der Waals surface area contributed by atoms with Crippen LogP contribution in [0.3, 0.4) is 0 Å². The lowest BCUT2D eigenvalue weighted by molar-refractivity contribution is -0.139. The van der Waals surface area contributed by atoms with Gasteiger partial charge >= 0.3 is 11.9 Å². The molecule has 0 fully saturated rings. The van der Waals surface area contributed by atoms with E-state index in [1.807, 2.05) is 24.3 Å². The van der Waals surface area contributed by atoms with Gasteiger partial charge in [-0.05, 0) is 38.1 Å². The second-order valence-electron chi connectivity index (χ2n) is 5.00. The maximum Gasteiger partial charge on any atom is 0.333 e. The molecule has 0 N–H and O–H groups in total. The molecule has 0 unspecified atom stereocenters. The molecule has 0 radical (unpaired) electrons. The van der Waals surface area contributed by atoms with Crippen LogP contribution in [-0.4, -0.2) is 36.7 Å². The predicted octanol–water partition coefficient (Wildman–Crippen LogP) is 4.11. The molecule has 0 saturated carbocycles. The SMILES string of the molecule is C=C(C)C(=O)OCCSc1ccc(SCCOC(=O)C(=C)C)cc1. The summed E-state index contributed by atoms with van der Waals surface area (Å²) in [7, 11) is 0. The number of rotatable bonds is 10. The highest BCUT2D eigenvalue weighted by molar-refractivity contribution is 7.99. The topological polar surface area (TPSA) is 52.6 Å². The Bertz CT molecular complexity index is 541. The van der Waals surface area contributed by atoms with Crippen molar-refractivity contribution in [3.05, 3.63) is 48.6 Å². The van der Waals surface area contributed by atoms with E-state index in [1.54, 1.807) is 37.4 Å². The molecule has 1 rings (SSSR count). The Balaban J connectivity index is 2.23. The van der Waals surface area contributed by atoms with Crippen molar-refractivity contribution >= 4 is 35.5 Å². The lowest BCUT2D eigenvalue weighted by atomic mass is 10.4. The van der Waals surface area contributed by atoms with Gasteiger partial charge in [-0.25, -0.2) is 9.59 Å². The minimum Gasteiger partial charge on any atom is -0.461 e. The molecule has 1 aromatic rings. The van der Waals surface area contributed by atoms with Crippen LogP contribution in [0, 0.1) is 0 Å². The molecule has 0 aromatic heterocycles. The minimum absolute atomic E-state index is 0.352. The van der Waals surface area contributed by atoms with E-state index in [4.69, 9.17) is 9.47 Å². The Hall–Kier alpha value is -1.66. The van der Waals surface area contributed by atoms with Crippen LogP contribution in [0.4, 0.5) is 0 Å². The van der Waals surface area contributed by atoms with E-state index in [2.05, 4.69) is 13.2 Å². The number of carbonyl (C=O) groups excluding carboxylic acids is 2. The third kappa shape index (κ3) is 8.26. The first-order valence-corrected chi connectivity index (χ1v) is 9.38. The predicted molar refractivity (Wildman–Crippen MR) is 99.4 cm³/mol. The first kappa shape index (κ1) is 20.4. The molecule has 0 heterocycles. The van der Waals surface area contributed by atoms with E-state index in [-0.39, 0.29) is 11.9 Å². The molecule has 0 amide bonds. The van der Waals surface area contributed by atoms with Gasteiger partial charge in [0.05, 0.1) is 0 Å². The van der Waals surface area contributed by atoms with Crippen molar-refractivity contribution in [2.45, 2.75) is 23.6 Å². The zero-order valence-electron chi connectivity index (χ0n) is 14.0. The van der Waals surface area contributed by atoms with Crippen LogP contribution in [-0.2, 0) is 19.1 Å². The van der Waals surface area contributed by atoms with Crippen molar-refractivity contribution in [1.82, 2.24) is 0 Å². The average Bonchev–Trinajstić information content (AvgIpc) is 2.56. The normalized spacial score (nSPS) is 10.1. The van der Waals surface area contributed by atoms with Gasteiger partial charge in [-0.3, -0.25) is 0 Å². The minimum atomic E-state index is -0.352. The highest BCUT2D eigenvalue weighted by Crippen LogP contribution is 2.23. The highest BCUT2D eigenvalue weighted by atomic mass is 32.2. The Labute approximate surface area is 151 Å². The summed E-state index contributed by atoms with van der Waals surface area (Å²) in [6.45, 7) is 11.1. The fraction of sp³-hybridized carbons (Fsp3) is 0.333. The summed E-state index contributed by atoms with van der Waals surface area (Å²) in [6.07, 6.45) is 0. The molecule has 4 nitrogen and oxygen atoms in total. The summed E-state index contributed by atoms with van der Waals surface area (Å²) >= 11 is 3.25. The van der Waals surface area contributed by atoms with E-state index in [0.29, 0.717) is 35.9 Å². The molecule has 0 aliphatic carbocycles. The van der Waals surface area contributed by atoms with Crippen LogP contribution < -0.4 is 0 Å². The molecule has 6 heteroatoms. The van der Waals surface area contributed by atoms with E-state index < -0.39 is 0 Å². The summed E-state index contributed by atoms with van der Waals surface area (Å²) in [5.41, 5.74) is 0.825. The van der Waals surface area contributed by atoms with Crippen molar-refractivity contribution in [3.8, 4) is 0 Å². The summed E-state index contributed by atoms with van der Waals surface area (Å²) < 4.78 is 10.1. The van der Waals surface area contributed by atoms with Gasteiger partial charge in [0, 0.05) is 32.4 Å². The Morgan fingerprint density at radius 2 is 1.17 bits per heavy atom. The smallest absolute Gasteiger partial charge is 0.333 e. The molecule has 0 bridgehead atoms. The van der Waals surface area contributed by atoms with Crippen molar-refractivity contribution in [2.75, 3.05) is 24.7 Å². The van der Waals surface area contributed by atoms with Crippen LogP contribution in [0.15, 0.2) is 58.4 Å². The number of hydrogen-bond donors (Lipinski definition) is 0. The quantitative estimate of drug-likeness (QED) is 0.269. The second kappa shape index (κ2) is 11.0. The number of esters is 2. The molecule has 24 heavy (non-hydrogen) atoms. The highest BCUT2D eigenvalue weighted by Gasteiger charge is 2.04. The number of ether oxygens (including phenoxy) is 2. The van der Waals surface area contributed by atoms with Gasteiger partial charge in [0.2, 0.25) is 0 Å². The summed E-state index contributed by atoms with van der Waals surface area (Å²) in [5.74, 6) is 0.689. The first-order valence-electron chi connectivity index (χ1n) is 7.41. The summed E-state index contributed by atoms with van der Waals surface area (Å²) in [4.78, 5) is 24.7. The molecule has 130 valence electrons. The van der Waals surface area contributed by atoms with Gasteiger partial charge in [0.25, 0.3) is 0 Å². The maximum absolute atomic E-state index is 11.2. The third-order valence-corrected chi connectivity index (χ3v) is 4.64. The lowest BCUT2D eigenvalue weighted by Gasteiger charge is -2.06. The number of benzene rings is 1. The summed E-state index contributed by atoms with van der Waals surface area (Å²) in [6, 6.07) is 8.09. The summed E-state index contributed by atoms with van der Waals surface area (Å²) in [5, 5.41) is 0. The molecular formula is C18H22O4S2. The fourth-order valence-corrected chi connectivity index (χ4v) is 2.93. The van der Waals surface area contributed by atoms with Gasteiger partial charge in [0.15, 0.2) is 0 Å². The average molecular weight is 367 g/mol. The van der Waals surface area contributed by atoms with Gasteiger partial charge in [-0.2, -0.15) is 0 Å². The fourth-order valence-electron chi connectivity index (χ4n) is 1.47. The van der Waals surface area contributed by atoms with Crippen molar-refractivity contribution in [3.63, 3.8) is 0 Å². The zero-order chi connectivity index (χ0) is 17.9. The van der Waals surface area contributed by atoms with Crippen LogP contribution in [0.1, 0.15) is 13.8 Å². The van der Waals surface area contributed by atoms with E-state index in [9.17, 15) is 9.59 Å². The van der Waals surface area contributed by atoms with Crippen LogP contribution in [0.5, 0.6) is 0 Å². The van der Waals surface area contributed by atoms with Crippen molar-refractivity contribution in [2.24, 2.45) is 0 Å². The van der Waals surface area contributed by atoms with E-state index in [1.165, 1.54) is 0 Å². The van der Waals surface area contributed by atoms with Gasteiger partial charge < -0.3 is 9.47 Å².